The van der Waals surface area contributed by atoms with Crippen LogP contribution in [-0.4, -0.2) is 44.5 Å². The molecule has 0 bridgehead atoms. The number of ether oxygens (including phenoxy) is 3. The SMILES string of the molecule is CCOC(=O)C(C)(N)CCCOC(C)COC. The lowest BCUT2D eigenvalue weighted by Gasteiger charge is -2.22. The maximum Gasteiger partial charge on any atom is 0.325 e. The normalized spacial score (nSPS) is 16.3. The van der Waals surface area contributed by atoms with Crippen molar-refractivity contribution in [1.82, 2.24) is 0 Å². The van der Waals surface area contributed by atoms with Crippen LogP contribution >= 0.6 is 0 Å². The van der Waals surface area contributed by atoms with Crippen LogP contribution in [0.1, 0.15) is 33.6 Å². The highest BCUT2D eigenvalue weighted by molar-refractivity contribution is 5.79. The molecule has 0 rings (SSSR count). The summed E-state index contributed by atoms with van der Waals surface area (Å²) in [7, 11) is 1.64. The minimum Gasteiger partial charge on any atom is -0.465 e. The van der Waals surface area contributed by atoms with Gasteiger partial charge in [0.1, 0.15) is 5.54 Å². The predicted molar refractivity (Wildman–Crippen MR) is 65.7 cm³/mol. The zero-order chi connectivity index (χ0) is 13.3. The Morgan fingerprint density at radius 2 is 2.12 bits per heavy atom. The summed E-state index contributed by atoms with van der Waals surface area (Å²) in [4.78, 5) is 11.5. The maximum absolute atomic E-state index is 11.5. The van der Waals surface area contributed by atoms with Crippen molar-refractivity contribution in [3.63, 3.8) is 0 Å². The van der Waals surface area contributed by atoms with E-state index in [0.29, 0.717) is 26.2 Å². The summed E-state index contributed by atoms with van der Waals surface area (Å²) in [6.07, 6.45) is 1.33. The lowest BCUT2D eigenvalue weighted by molar-refractivity contribution is -0.149. The molecule has 0 fully saturated rings. The molecule has 0 saturated carbocycles. The predicted octanol–water partition coefficient (Wildman–Crippen LogP) is 1.10. The summed E-state index contributed by atoms with van der Waals surface area (Å²) in [6, 6.07) is 0. The lowest BCUT2D eigenvalue weighted by Crippen LogP contribution is -2.46. The summed E-state index contributed by atoms with van der Waals surface area (Å²) >= 11 is 0. The van der Waals surface area contributed by atoms with Gasteiger partial charge in [-0.2, -0.15) is 0 Å². The molecule has 0 amide bonds. The quantitative estimate of drug-likeness (QED) is 0.488. The molecule has 0 spiro atoms. The van der Waals surface area contributed by atoms with Crippen LogP contribution < -0.4 is 5.73 Å². The molecule has 0 aliphatic heterocycles. The van der Waals surface area contributed by atoms with Gasteiger partial charge < -0.3 is 19.9 Å². The molecule has 0 heterocycles. The van der Waals surface area contributed by atoms with Crippen LogP contribution in [0.3, 0.4) is 0 Å². The number of hydrogen-bond acceptors (Lipinski definition) is 5. The molecule has 2 unspecified atom stereocenters. The molecular formula is C12H25NO4. The van der Waals surface area contributed by atoms with E-state index >= 15 is 0 Å². The van der Waals surface area contributed by atoms with Crippen LogP contribution in [0.2, 0.25) is 0 Å². The molecule has 0 aliphatic carbocycles. The second kappa shape index (κ2) is 8.44. The molecule has 5 heteroatoms. The second-order valence-electron chi connectivity index (χ2n) is 4.38. The number of carbonyl (C=O) groups excluding carboxylic acids is 1. The standard InChI is InChI=1S/C12H25NO4/c1-5-16-11(14)12(3,13)7-6-8-17-10(2)9-15-4/h10H,5-9,13H2,1-4H3. The zero-order valence-corrected chi connectivity index (χ0v) is 11.3. The van der Waals surface area contributed by atoms with E-state index in [1.807, 2.05) is 6.92 Å². The van der Waals surface area contributed by atoms with E-state index in [2.05, 4.69) is 0 Å². The largest absolute Gasteiger partial charge is 0.465 e. The Hall–Kier alpha value is -0.650. The number of methoxy groups -OCH3 is 1. The summed E-state index contributed by atoms with van der Waals surface area (Å²) in [6.45, 7) is 6.88. The highest BCUT2D eigenvalue weighted by atomic mass is 16.5. The first-order valence-electron chi connectivity index (χ1n) is 6.00. The third-order valence-electron chi connectivity index (χ3n) is 2.39. The first kappa shape index (κ1) is 16.4. The topological polar surface area (TPSA) is 70.8 Å². The first-order chi connectivity index (χ1) is 7.94. The Morgan fingerprint density at radius 1 is 1.47 bits per heavy atom. The summed E-state index contributed by atoms with van der Waals surface area (Å²) in [5.41, 5.74) is 4.94. The van der Waals surface area contributed by atoms with Crippen molar-refractivity contribution in [3.8, 4) is 0 Å². The van der Waals surface area contributed by atoms with Gasteiger partial charge in [0.15, 0.2) is 0 Å². The van der Waals surface area contributed by atoms with Gasteiger partial charge in [-0.25, -0.2) is 0 Å². The van der Waals surface area contributed by atoms with E-state index in [4.69, 9.17) is 19.9 Å². The summed E-state index contributed by atoms with van der Waals surface area (Å²) in [5, 5.41) is 0. The van der Waals surface area contributed by atoms with E-state index < -0.39 is 5.54 Å². The van der Waals surface area contributed by atoms with Crippen molar-refractivity contribution in [2.75, 3.05) is 26.9 Å². The van der Waals surface area contributed by atoms with Gasteiger partial charge in [0.25, 0.3) is 0 Å². The molecule has 0 radical (unpaired) electrons. The van der Waals surface area contributed by atoms with Gasteiger partial charge in [-0.3, -0.25) is 4.79 Å². The first-order valence-corrected chi connectivity index (χ1v) is 6.00. The molecular weight excluding hydrogens is 222 g/mol. The van der Waals surface area contributed by atoms with Crippen LogP contribution in [0, 0.1) is 0 Å². The third kappa shape index (κ3) is 7.31. The van der Waals surface area contributed by atoms with Crippen molar-refractivity contribution in [2.24, 2.45) is 5.73 Å². The highest BCUT2D eigenvalue weighted by Gasteiger charge is 2.29. The fraction of sp³-hybridized carbons (Fsp3) is 0.917. The minimum absolute atomic E-state index is 0.0617. The molecule has 0 aliphatic rings. The van der Waals surface area contributed by atoms with Crippen LogP contribution in [0.15, 0.2) is 0 Å². The Bertz CT molecular complexity index is 219. The van der Waals surface area contributed by atoms with E-state index in [1.165, 1.54) is 0 Å². The Kier molecular flexibility index (Phi) is 8.12. The number of rotatable bonds is 9. The summed E-state index contributed by atoms with van der Waals surface area (Å²) in [5.74, 6) is -0.357. The fourth-order valence-electron chi connectivity index (χ4n) is 1.40. The monoisotopic (exact) mass is 247 g/mol. The smallest absolute Gasteiger partial charge is 0.325 e. The Balaban J connectivity index is 3.75. The number of esters is 1. The van der Waals surface area contributed by atoms with Gasteiger partial charge in [-0.15, -0.1) is 0 Å². The van der Waals surface area contributed by atoms with E-state index in [0.717, 1.165) is 6.42 Å². The average molecular weight is 247 g/mol. The van der Waals surface area contributed by atoms with Crippen LogP contribution in [0.5, 0.6) is 0 Å². The molecule has 2 N–H and O–H groups in total. The molecule has 0 saturated heterocycles. The van der Waals surface area contributed by atoms with Crippen molar-refractivity contribution in [2.45, 2.75) is 45.3 Å². The second-order valence-corrected chi connectivity index (χ2v) is 4.38. The third-order valence-corrected chi connectivity index (χ3v) is 2.39. The van der Waals surface area contributed by atoms with E-state index in [9.17, 15) is 4.79 Å². The molecule has 17 heavy (non-hydrogen) atoms. The van der Waals surface area contributed by atoms with Gasteiger partial charge >= 0.3 is 5.97 Å². The maximum atomic E-state index is 11.5. The van der Waals surface area contributed by atoms with Crippen molar-refractivity contribution in [3.05, 3.63) is 0 Å². The molecule has 0 aromatic rings. The van der Waals surface area contributed by atoms with E-state index in [-0.39, 0.29) is 12.1 Å². The molecule has 2 atom stereocenters. The number of carbonyl (C=O) groups is 1. The molecule has 5 nitrogen and oxygen atoms in total. The van der Waals surface area contributed by atoms with Crippen molar-refractivity contribution < 1.29 is 19.0 Å². The van der Waals surface area contributed by atoms with Crippen LogP contribution in [0.25, 0.3) is 0 Å². The minimum atomic E-state index is -0.927. The van der Waals surface area contributed by atoms with Crippen molar-refractivity contribution in [1.29, 1.82) is 0 Å². The van der Waals surface area contributed by atoms with Crippen LogP contribution in [0.4, 0.5) is 0 Å². The molecule has 0 aromatic heterocycles. The highest BCUT2D eigenvalue weighted by Crippen LogP contribution is 2.11. The van der Waals surface area contributed by atoms with Gasteiger partial charge in [-0.1, -0.05) is 0 Å². The number of nitrogens with two attached hydrogens (primary N) is 1. The summed E-state index contributed by atoms with van der Waals surface area (Å²) < 4.78 is 15.3. The Morgan fingerprint density at radius 3 is 2.65 bits per heavy atom. The van der Waals surface area contributed by atoms with Crippen LogP contribution in [-0.2, 0) is 19.0 Å². The van der Waals surface area contributed by atoms with Gasteiger partial charge in [0.05, 0.1) is 19.3 Å². The van der Waals surface area contributed by atoms with E-state index in [1.54, 1.807) is 21.0 Å². The lowest BCUT2D eigenvalue weighted by atomic mass is 9.98. The number of hydrogen-bond donors (Lipinski definition) is 1. The molecule has 102 valence electrons. The zero-order valence-electron chi connectivity index (χ0n) is 11.3. The fourth-order valence-corrected chi connectivity index (χ4v) is 1.40. The van der Waals surface area contributed by atoms with Crippen molar-refractivity contribution >= 4 is 5.97 Å². The van der Waals surface area contributed by atoms with Gasteiger partial charge in [0, 0.05) is 13.7 Å². The average Bonchev–Trinajstić information content (AvgIpc) is 2.25. The molecule has 0 aromatic carbocycles. The van der Waals surface area contributed by atoms with Gasteiger partial charge in [-0.05, 0) is 33.6 Å². The van der Waals surface area contributed by atoms with Gasteiger partial charge in [0.2, 0.25) is 0 Å². The Labute approximate surface area is 104 Å².